The number of hydrogen-bond donors (Lipinski definition) is 2. The van der Waals surface area contributed by atoms with E-state index in [9.17, 15) is 14.4 Å². The maximum atomic E-state index is 13.0. The van der Waals surface area contributed by atoms with Crippen molar-refractivity contribution < 1.29 is 13.9 Å². The highest BCUT2D eigenvalue weighted by Gasteiger charge is 2.14. The number of anilines is 1. The molecule has 0 aliphatic carbocycles. The van der Waals surface area contributed by atoms with Gasteiger partial charge in [-0.25, -0.2) is 4.39 Å². The molecule has 0 unspecified atom stereocenters. The van der Waals surface area contributed by atoms with Crippen molar-refractivity contribution >= 4 is 23.0 Å². The zero-order valence-electron chi connectivity index (χ0n) is 17.5. The SMILES string of the molecule is CC(C=C(N)C(=O)Nc1ccc(OCC(C)(C)C)c(C#N)c1)=Nc1ccc(F)cc1. The molecular formula is C23H25FN4O2. The van der Waals surface area contributed by atoms with Crippen LogP contribution in [0.4, 0.5) is 15.8 Å². The van der Waals surface area contributed by atoms with Crippen molar-refractivity contribution in [2.24, 2.45) is 16.1 Å². The van der Waals surface area contributed by atoms with E-state index in [1.807, 2.05) is 20.8 Å². The Morgan fingerprint density at radius 1 is 1.27 bits per heavy atom. The Kier molecular flexibility index (Phi) is 7.32. The minimum absolute atomic E-state index is 0.0494. The van der Waals surface area contributed by atoms with Gasteiger partial charge in [-0.1, -0.05) is 20.8 Å². The van der Waals surface area contributed by atoms with Crippen LogP contribution in [0, 0.1) is 22.6 Å². The average Bonchev–Trinajstić information content (AvgIpc) is 2.67. The van der Waals surface area contributed by atoms with Crippen molar-refractivity contribution in [1.82, 2.24) is 0 Å². The molecule has 0 aromatic heterocycles. The number of halogens is 1. The van der Waals surface area contributed by atoms with Gasteiger partial charge in [0.2, 0.25) is 0 Å². The molecule has 30 heavy (non-hydrogen) atoms. The van der Waals surface area contributed by atoms with Gasteiger partial charge in [0.15, 0.2) is 0 Å². The summed E-state index contributed by atoms with van der Waals surface area (Å²) in [5, 5.41) is 12.0. The largest absolute Gasteiger partial charge is 0.492 e. The van der Waals surface area contributed by atoms with Crippen LogP contribution < -0.4 is 15.8 Å². The molecule has 2 aromatic rings. The van der Waals surface area contributed by atoms with Crippen LogP contribution >= 0.6 is 0 Å². The number of nitriles is 1. The molecule has 0 aliphatic heterocycles. The van der Waals surface area contributed by atoms with Crippen LogP contribution in [0.2, 0.25) is 0 Å². The Morgan fingerprint density at radius 2 is 1.93 bits per heavy atom. The summed E-state index contributed by atoms with van der Waals surface area (Å²) in [6.45, 7) is 8.23. The van der Waals surface area contributed by atoms with Gasteiger partial charge >= 0.3 is 0 Å². The number of hydrogen-bond acceptors (Lipinski definition) is 5. The number of rotatable bonds is 6. The highest BCUT2D eigenvalue weighted by atomic mass is 19.1. The molecule has 0 heterocycles. The highest BCUT2D eigenvalue weighted by molar-refractivity contribution is 6.08. The summed E-state index contributed by atoms with van der Waals surface area (Å²) in [6.07, 6.45) is 1.42. The third-order valence-corrected chi connectivity index (χ3v) is 3.78. The van der Waals surface area contributed by atoms with Crippen LogP contribution in [0.3, 0.4) is 0 Å². The van der Waals surface area contributed by atoms with E-state index < -0.39 is 5.91 Å². The number of nitrogens with two attached hydrogens (primary N) is 1. The summed E-state index contributed by atoms with van der Waals surface area (Å²) >= 11 is 0. The number of nitrogens with one attached hydrogen (secondary N) is 1. The maximum absolute atomic E-state index is 13.0. The molecule has 0 spiro atoms. The Hall–Kier alpha value is -3.66. The van der Waals surface area contributed by atoms with E-state index in [0.29, 0.717) is 35.0 Å². The van der Waals surface area contributed by atoms with Gasteiger partial charge in [0.1, 0.15) is 17.6 Å². The average molecular weight is 408 g/mol. The van der Waals surface area contributed by atoms with Crippen LogP contribution in [-0.2, 0) is 4.79 Å². The summed E-state index contributed by atoms with van der Waals surface area (Å²) in [6, 6.07) is 12.5. The van der Waals surface area contributed by atoms with Gasteiger partial charge in [-0.05, 0) is 60.9 Å². The number of ether oxygens (including phenoxy) is 1. The van der Waals surface area contributed by atoms with Crippen molar-refractivity contribution in [3.05, 3.63) is 65.6 Å². The van der Waals surface area contributed by atoms with E-state index >= 15 is 0 Å². The molecule has 0 radical (unpaired) electrons. The number of carbonyl (C=O) groups is 1. The van der Waals surface area contributed by atoms with Crippen LogP contribution in [0.5, 0.6) is 5.75 Å². The van der Waals surface area contributed by atoms with E-state index in [4.69, 9.17) is 10.5 Å². The lowest BCUT2D eigenvalue weighted by Crippen LogP contribution is -2.21. The number of nitrogens with zero attached hydrogens (tertiary/aromatic N) is 2. The van der Waals surface area contributed by atoms with Gasteiger partial charge in [0.05, 0.1) is 23.6 Å². The second-order valence-corrected chi connectivity index (χ2v) is 7.96. The summed E-state index contributed by atoms with van der Waals surface area (Å²) in [5.41, 5.74) is 7.52. The molecule has 6 nitrogen and oxygen atoms in total. The van der Waals surface area contributed by atoms with Crippen molar-refractivity contribution in [1.29, 1.82) is 5.26 Å². The van der Waals surface area contributed by atoms with E-state index in [2.05, 4.69) is 16.4 Å². The van der Waals surface area contributed by atoms with Crippen molar-refractivity contribution in [3.8, 4) is 11.8 Å². The van der Waals surface area contributed by atoms with Gasteiger partial charge in [0, 0.05) is 11.4 Å². The first-order valence-electron chi connectivity index (χ1n) is 9.34. The lowest BCUT2D eigenvalue weighted by atomic mass is 9.98. The quantitative estimate of drug-likeness (QED) is 0.534. The molecule has 2 rings (SSSR count). The van der Waals surface area contributed by atoms with Crippen molar-refractivity contribution in [2.45, 2.75) is 27.7 Å². The number of allylic oxidation sites excluding steroid dienone is 1. The van der Waals surface area contributed by atoms with Gasteiger partial charge in [-0.3, -0.25) is 9.79 Å². The maximum Gasteiger partial charge on any atom is 0.271 e. The van der Waals surface area contributed by atoms with E-state index in [0.717, 1.165) is 0 Å². The Bertz CT molecular complexity index is 1010. The molecule has 7 heteroatoms. The van der Waals surface area contributed by atoms with Crippen molar-refractivity contribution in [2.75, 3.05) is 11.9 Å². The molecule has 2 aromatic carbocycles. The Labute approximate surface area is 175 Å². The summed E-state index contributed by atoms with van der Waals surface area (Å²) < 4.78 is 18.7. The first-order valence-corrected chi connectivity index (χ1v) is 9.34. The third-order valence-electron chi connectivity index (χ3n) is 3.78. The monoisotopic (exact) mass is 408 g/mol. The van der Waals surface area contributed by atoms with Gasteiger partial charge in [-0.15, -0.1) is 0 Å². The topological polar surface area (TPSA) is 101 Å². The smallest absolute Gasteiger partial charge is 0.271 e. The standard InChI is InChI=1S/C23H25FN4O2/c1-15(27-18-7-5-17(24)6-8-18)11-20(26)22(29)28-19-9-10-21(16(12-19)13-25)30-14-23(2,3)4/h5-12H,14,26H2,1-4H3,(H,28,29). The minimum Gasteiger partial charge on any atom is -0.492 e. The fraction of sp³-hybridized carbons (Fsp3) is 0.261. The fourth-order valence-electron chi connectivity index (χ4n) is 2.36. The van der Waals surface area contributed by atoms with E-state index in [-0.39, 0.29) is 16.9 Å². The zero-order chi connectivity index (χ0) is 22.3. The molecule has 0 bridgehead atoms. The van der Waals surface area contributed by atoms with Gasteiger partial charge < -0.3 is 15.8 Å². The molecule has 0 fully saturated rings. The second-order valence-electron chi connectivity index (χ2n) is 7.96. The number of amides is 1. The fourth-order valence-corrected chi connectivity index (χ4v) is 2.36. The van der Waals surface area contributed by atoms with Crippen LogP contribution in [0.15, 0.2) is 59.2 Å². The molecule has 0 saturated carbocycles. The van der Waals surface area contributed by atoms with Gasteiger partial charge in [0.25, 0.3) is 5.91 Å². The Balaban J connectivity index is 2.09. The molecule has 0 atom stereocenters. The second kappa shape index (κ2) is 9.70. The number of carbonyl (C=O) groups excluding carboxylic acids is 1. The van der Waals surface area contributed by atoms with Crippen LogP contribution in [0.25, 0.3) is 0 Å². The molecule has 0 aliphatic rings. The first-order chi connectivity index (χ1) is 14.1. The lowest BCUT2D eigenvalue weighted by Gasteiger charge is -2.19. The molecule has 156 valence electrons. The van der Waals surface area contributed by atoms with Crippen LogP contribution in [0.1, 0.15) is 33.3 Å². The third kappa shape index (κ3) is 7.06. The molecule has 1 amide bonds. The first kappa shape index (κ1) is 22.6. The van der Waals surface area contributed by atoms with E-state index in [1.165, 1.54) is 36.4 Å². The number of aliphatic imine (C=N–C) groups is 1. The normalized spacial score (nSPS) is 12.3. The zero-order valence-corrected chi connectivity index (χ0v) is 17.5. The predicted octanol–water partition coefficient (Wildman–Crippen LogP) is 4.70. The Morgan fingerprint density at radius 3 is 2.53 bits per heavy atom. The molecule has 3 N–H and O–H groups in total. The minimum atomic E-state index is -0.532. The molecular weight excluding hydrogens is 383 g/mol. The summed E-state index contributed by atoms with van der Waals surface area (Å²) in [4.78, 5) is 16.6. The summed E-state index contributed by atoms with van der Waals surface area (Å²) in [5.74, 6) is -0.431. The number of benzene rings is 2. The summed E-state index contributed by atoms with van der Waals surface area (Å²) in [7, 11) is 0. The molecule has 0 saturated heterocycles. The van der Waals surface area contributed by atoms with Crippen LogP contribution in [-0.4, -0.2) is 18.2 Å². The van der Waals surface area contributed by atoms with Crippen molar-refractivity contribution in [3.63, 3.8) is 0 Å². The predicted molar refractivity (Wildman–Crippen MR) is 116 cm³/mol. The highest BCUT2D eigenvalue weighted by Crippen LogP contribution is 2.25. The van der Waals surface area contributed by atoms with E-state index in [1.54, 1.807) is 19.1 Å². The lowest BCUT2D eigenvalue weighted by molar-refractivity contribution is -0.112. The van der Waals surface area contributed by atoms with Gasteiger partial charge in [-0.2, -0.15) is 5.26 Å².